The van der Waals surface area contributed by atoms with Crippen molar-refractivity contribution in [3.63, 3.8) is 0 Å². The van der Waals surface area contributed by atoms with Crippen LogP contribution in [0.1, 0.15) is 11.3 Å². The lowest BCUT2D eigenvalue weighted by Gasteiger charge is -2.06. The fraction of sp³-hybridized carbons (Fsp3) is 0.0870. The van der Waals surface area contributed by atoms with Crippen LogP contribution in [-0.4, -0.2) is 28.5 Å². The predicted molar refractivity (Wildman–Crippen MR) is 116 cm³/mol. The van der Waals surface area contributed by atoms with Gasteiger partial charge in [-0.2, -0.15) is 5.10 Å². The number of fused-ring (bicyclic) bond motifs is 1. The minimum atomic E-state index is -0.420. The van der Waals surface area contributed by atoms with Crippen molar-refractivity contribution in [2.75, 3.05) is 6.61 Å². The van der Waals surface area contributed by atoms with E-state index in [4.69, 9.17) is 4.74 Å². The van der Waals surface area contributed by atoms with Crippen molar-refractivity contribution in [2.45, 2.75) is 6.92 Å². The molecule has 0 atom stereocenters. The van der Waals surface area contributed by atoms with Gasteiger partial charge < -0.3 is 4.74 Å². The van der Waals surface area contributed by atoms with Crippen LogP contribution in [0.15, 0.2) is 82.7 Å². The molecule has 0 bridgehead atoms. The van der Waals surface area contributed by atoms with E-state index < -0.39 is 5.91 Å². The molecule has 1 amide bonds. The summed E-state index contributed by atoms with van der Waals surface area (Å²) >= 11 is 0. The van der Waals surface area contributed by atoms with Crippen molar-refractivity contribution in [1.29, 1.82) is 0 Å². The molecule has 0 radical (unpaired) electrons. The lowest BCUT2D eigenvalue weighted by Crippen LogP contribution is -2.25. The summed E-state index contributed by atoms with van der Waals surface area (Å²) in [6, 6.07) is 22.8. The molecule has 0 aliphatic rings. The second-order valence-electron chi connectivity index (χ2n) is 6.72. The van der Waals surface area contributed by atoms with Crippen molar-refractivity contribution < 1.29 is 9.53 Å². The van der Waals surface area contributed by atoms with Crippen molar-refractivity contribution >= 4 is 22.9 Å². The van der Waals surface area contributed by atoms with Gasteiger partial charge in [-0.05, 0) is 42.0 Å². The Morgan fingerprint density at radius 2 is 1.80 bits per heavy atom. The molecule has 30 heavy (non-hydrogen) atoms. The Labute approximate surface area is 172 Å². The number of para-hydroxylation sites is 1. The van der Waals surface area contributed by atoms with Gasteiger partial charge in [0, 0.05) is 5.69 Å². The van der Waals surface area contributed by atoms with E-state index in [1.165, 1.54) is 10.9 Å². The summed E-state index contributed by atoms with van der Waals surface area (Å²) in [6.45, 7) is 1.59. The Balaban J connectivity index is 1.38. The molecule has 0 saturated heterocycles. The summed E-state index contributed by atoms with van der Waals surface area (Å²) in [5.74, 6) is 0.177. The number of hydrazone groups is 1. The normalized spacial score (nSPS) is 11.1. The first kappa shape index (κ1) is 19.2. The summed E-state index contributed by atoms with van der Waals surface area (Å²) in [6.07, 6.45) is 1.33. The number of nitrogens with one attached hydrogen (secondary N) is 2. The number of H-pyrrole nitrogens is 1. The molecule has 150 valence electrons. The number of hydrogen-bond donors (Lipinski definition) is 2. The molecule has 1 aromatic heterocycles. The van der Waals surface area contributed by atoms with E-state index >= 15 is 0 Å². The molecular weight excluding hydrogens is 380 g/mol. The summed E-state index contributed by atoms with van der Waals surface area (Å²) in [5, 5.41) is 9.03. The van der Waals surface area contributed by atoms with Crippen LogP contribution in [0.25, 0.3) is 16.5 Å². The zero-order valence-electron chi connectivity index (χ0n) is 16.3. The molecule has 0 aliphatic heterocycles. The number of hydrogen-bond acceptors (Lipinski definition) is 4. The minimum Gasteiger partial charge on any atom is -0.484 e. The Hall–Kier alpha value is -4.13. The topological polar surface area (TPSA) is 88.5 Å². The second-order valence-corrected chi connectivity index (χ2v) is 6.72. The predicted octanol–water partition coefficient (Wildman–Crippen LogP) is 3.16. The van der Waals surface area contributed by atoms with Crippen LogP contribution in [0.5, 0.6) is 5.75 Å². The fourth-order valence-electron chi connectivity index (χ4n) is 3.08. The molecule has 0 spiro atoms. The number of nitrogens with zero attached hydrogens (tertiary/aromatic N) is 2. The third kappa shape index (κ3) is 4.15. The largest absolute Gasteiger partial charge is 0.484 e. The molecule has 4 aromatic rings. The molecule has 7 heteroatoms. The van der Waals surface area contributed by atoms with Gasteiger partial charge in [-0.15, -0.1) is 0 Å². The Morgan fingerprint density at radius 3 is 2.60 bits per heavy atom. The number of aromatic amines is 1. The van der Waals surface area contributed by atoms with Crippen molar-refractivity contribution in [3.05, 3.63) is 94.4 Å². The van der Waals surface area contributed by atoms with Crippen LogP contribution < -0.4 is 15.7 Å². The maximum atomic E-state index is 12.6. The first-order valence-corrected chi connectivity index (χ1v) is 9.42. The summed E-state index contributed by atoms with van der Waals surface area (Å²) in [5.41, 5.74) is 3.88. The molecule has 2 N–H and O–H groups in total. The zero-order valence-corrected chi connectivity index (χ0v) is 16.3. The van der Waals surface area contributed by atoms with Gasteiger partial charge in [0.2, 0.25) is 0 Å². The Morgan fingerprint density at radius 1 is 1.07 bits per heavy atom. The van der Waals surface area contributed by atoms with Gasteiger partial charge in [-0.3, -0.25) is 14.7 Å². The van der Waals surface area contributed by atoms with Gasteiger partial charge in [0.05, 0.1) is 17.5 Å². The molecule has 1 heterocycles. The van der Waals surface area contributed by atoms with Crippen molar-refractivity contribution in [2.24, 2.45) is 5.10 Å². The molecule has 0 fully saturated rings. The average molecular weight is 400 g/mol. The number of rotatable bonds is 6. The Kier molecular flexibility index (Phi) is 5.43. The fourth-order valence-corrected chi connectivity index (χ4v) is 3.08. The van der Waals surface area contributed by atoms with Crippen LogP contribution in [0.2, 0.25) is 0 Å². The monoisotopic (exact) mass is 400 g/mol. The lowest BCUT2D eigenvalue weighted by atomic mass is 10.1. The average Bonchev–Trinajstić information content (AvgIpc) is 3.06. The van der Waals surface area contributed by atoms with Crippen LogP contribution in [0.3, 0.4) is 0 Å². The van der Waals surface area contributed by atoms with Crippen LogP contribution in [0, 0.1) is 6.92 Å². The lowest BCUT2D eigenvalue weighted by molar-refractivity contribution is -0.123. The van der Waals surface area contributed by atoms with Gasteiger partial charge >= 0.3 is 0 Å². The van der Waals surface area contributed by atoms with E-state index in [0.29, 0.717) is 17.0 Å². The highest BCUT2D eigenvalue weighted by atomic mass is 16.5. The highest BCUT2D eigenvalue weighted by molar-refractivity contribution is 5.85. The number of amides is 1. The van der Waals surface area contributed by atoms with Gasteiger partial charge in [-0.25, -0.2) is 10.1 Å². The number of aryl methyl sites for hydroxylation is 1. The van der Waals surface area contributed by atoms with Crippen LogP contribution in [-0.2, 0) is 4.79 Å². The van der Waals surface area contributed by atoms with Gasteiger partial charge in [0.1, 0.15) is 5.75 Å². The standard InChI is InChI=1S/C23H20N4O3/c1-16-21(23(29)27(26-16)19-9-3-2-4-10-19)14-24-25-22(28)15-30-20-12-11-17-7-5-6-8-18(17)13-20/h2-14,26H,15H2,1H3,(H,25,28)/b24-14+. The van der Waals surface area contributed by atoms with E-state index in [-0.39, 0.29) is 12.2 Å². The number of carbonyl (C=O) groups is 1. The summed E-state index contributed by atoms with van der Waals surface area (Å²) < 4.78 is 6.96. The molecule has 0 saturated carbocycles. The first-order valence-electron chi connectivity index (χ1n) is 9.42. The molecule has 0 unspecified atom stereocenters. The number of aromatic nitrogens is 2. The van der Waals surface area contributed by atoms with Crippen molar-refractivity contribution in [1.82, 2.24) is 15.2 Å². The number of benzene rings is 3. The number of ether oxygens (including phenoxy) is 1. The molecule has 3 aromatic carbocycles. The van der Waals surface area contributed by atoms with E-state index in [1.807, 2.05) is 72.8 Å². The quantitative estimate of drug-likeness (QED) is 0.385. The van der Waals surface area contributed by atoms with Gasteiger partial charge in [0.25, 0.3) is 11.5 Å². The molecule has 0 aliphatic carbocycles. The van der Waals surface area contributed by atoms with Crippen LogP contribution >= 0.6 is 0 Å². The van der Waals surface area contributed by atoms with Crippen molar-refractivity contribution in [3.8, 4) is 11.4 Å². The Bertz CT molecular complexity index is 1270. The highest BCUT2D eigenvalue weighted by Gasteiger charge is 2.10. The van der Waals surface area contributed by atoms with E-state index in [1.54, 1.807) is 6.92 Å². The van der Waals surface area contributed by atoms with Gasteiger partial charge in [-0.1, -0.05) is 48.5 Å². The number of carbonyl (C=O) groups excluding carboxylic acids is 1. The van der Waals surface area contributed by atoms with E-state index in [2.05, 4.69) is 15.6 Å². The minimum absolute atomic E-state index is 0.184. The first-order chi connectivity index (χ1) is 14.6. The summed E-state index contributed by atoms with van der Waals surface area (Å²) in [4.78, 5) is 24.6. The smallest absolute Gasteiger partial charge is 0.280 e. The molecular formula is C23H20N4O3. The van der Waals surface area contributed by atoms with E-state index in [9.17, 15) is 9.59 Å². The van der Waals surface area contributed by atoms with Gasteiger partial charge in [0.15, 0.2) is 6.61 Å². The maximum Gasteiger partial charge on any atom is 0.280 e. The third-order valence-electron chi connectivity index (χ3n) is 4.61. The highest BCUT2D eigenvalue weighted by Crippen LogP contribution is 2.20. The van der Waals surface area contributed by atoms with Crippen LogP contribution in [0.4, 0.5) is 0 Å². The second kappa shape index (κ2) is 8.48. The maximum absolute atomic E-state index is 12.6. The molecule has 7 nitrogen and oxygen atoms in total. The zero-order chi connectivity index (χ0) is 20.9. The SMILES string of the molecule is Cc1[nH]n(-c2ccccc2)c(=O)c1/C=N/NC(=O)COc1ccc2ccccc2c1. The van der Waals surface area contributed by atoms with E-state index in [0.717, 1.165) is 16.5 Å². The summed E-state index contributed by atoms with van der Waals surface area (Å²) in [7, 11) is 0. The molecule has 4 rings (SSSR count). The third-order valence-corrected chi connectivity index (χ3v) is 4.61.